The number of allylic oxidation sites excluding steroid dienone is 1. The van der Waals surface area contributed by atoms with Gasteiger partial charge in [-0.15, -0.1) is 0 Å². The van der Waals surface area contributed by atoms with Crippen LogP contribution in [0, 0.1) is 24.7 Å². The SMILES string of the molecule is COc1ccc2c(O[C@H]3C[C@H]4C(=O)N(C)CCCC/C=C\[C@@H]5C[C@@]56N=C(OC6=O)[C@@H]4C3)cc(-n3ccc(C(C)C)n3)nc2c1C. The lowest BCUT2D eigenvalue weighted by Gasteiger charge is -2.24. The lowest BCUT2D eigenvalue weighted by Crippen LogP contribution is -2.37. The summed E-state index contributed by atoms with van der Waals surface area (Å²) in [5, 5.41) is 5.62. The Balaban J connectivity index is 1.25. The first-order valence-electron chi connectivity index (χ1n) is 16.1. The van der Waals surface area contributed by atoms with Gasteiger partial charge in [-0.05, 0) is 69.6 Å². The quantitative estimate of drug-likeness (QED) is 0.275. The molecule has 1 amide bonds. The topological polar surface area (TPSA) is 108 Å². The number of aromatic nitrogens is 3. The number of hydrogen-bond acceptors (Lipinski definition) is 8. The van der Waals surface area contributed by atoms with Crippen molar-refractivity contribution >= 4 is 28.7 Å². The molecule has 10 heteroatoms. The first-order chi connectivity index (χ1) is 21.7. The summed E-state index contributed by atoms with van der Waals surface area (Å²) in [6, 6.07) is 7.81. The monoisotopic (exact) mass is 611 g/mol. The molecular weight excluding hydrogens is 570 g/mol. The highest BCUT2D eigenvalue weighted by Crippen LogP contribution is 2.53. The van der Waals surface area contributed by atoms with Crippen LogP contribution in [0.3, 0.4) is 0 Å². The van der Waals surface area contributed by atoms with Crippen LogP contribution < -0.4 is 9.47 Å². The normalized spacial score (nSPS) is 28.8. The van der Waals surface area contributed by atoms with Crippen molar-refractivity contribution < 1.29 is 23.8 Å². The van der Waals surface area contributed by atoms with Crippen LogP contribution in [0.5, 0.6) is 11.5 Å². The molecular formula is C35H41N5O5. The van der Waals surface area contributed by atoms with Gasteiger partial charge in [0.2, 0.25) is 5.91 Å². The second-order valence-electron chi connectivity index (χ2n) is 13.3. The van der Waals surface area contributed by atoms with E-state index in [1.165, 1.54) is 0 Å². The molecule has 2 saturated carbocycles. The third-order valence-corrected chi connectivity index (χ3v) is 9.94. The molecule has 2 fully saturated rings. The maximum absolute atomic E-state index is 13.9. The number of esters is 1. The molecule has 1 aromatic carbocycles. The summed E-state index contributed by atoms with van der Waals surface area (Å²) in [6.07, 6.45) is 10.4. The average Bonchev–Trinajstić information content (AvgIpc) is 3.35. The van der Waals surface area contributed by atoms with Crippen molar-refractivity contribution in [2.24, 2.45) is 22.7 Å². The fourth-order valence-electron chi connectivity index (χ4n) is 7.13. The number of ether oxygens (including phenoxy) is 3. The fraction of sp³-hybridized carbons (Fsp3) is 0.514. The second-order valence-corrected chi connectivity index (χ2v) is 13.3. The molecule has 1 spiro atoms. The van der Waals surface area contributed by atoms with Gasteiger partial charge in [0, 0.05) is 42.7 Å². The van der Waals surface area contributed by atoms with E-state index in [9.17, 15) is 9.59 Å². The van der Waals surface area contributed by atoms with Crippen molar-refractivity contribution in [1.82, 2.24) is 19.7 Å². The number of fused-ring (bicyclic) bond motifs is 3. The van der Waals surface area contributed by atoms with Gasteiger partial charge in [-0.25, -0.2) is 19.5 Å². The zero-order valence-electron chi connectivity index (χ0n) is 26.7. The van der Waals surface area contributed by atoms with Crippen LogP contribution in [-0.2, 0) is 14.3 Å². The van der Waals surface area contributed by atoms with Gasteiger partial charge in [0.1, 0.15) is 17.6 Å². The van der Waals surface area contributed by atoms with Crippen LogP contribution in [0.15, 0.2) is 47.6 Å². The summed E-state index contributed by atoms with van der Waals surface area (Å²) in [5.41, 5.74) is 1.82. The second kappa shape index (κ2) is 11.3. The zero-order valence-corrected chi connectivity index (χ0v) is 26.7. The number of carbonyl (C=O) groups is 2. The number of amides is 1. The van der Waals surface area contributed by atoms with Crippen molar-refractivity contribution in [2.75, 3.05) is 20.7 Å². The Hall–Kier alpha value is -4.21. The minimum Gasteiger partial charge on any atom is -0.496 e. The Kier molecular flexibility index (Phi) is 7.41. The highest BCUT2D eigenvalue weighted by atomic mass is 16.6. The van der Waals surface area contributed by atoms with Crippen LogP contribution in [-0.4, -0.2) is 69.8 Å². The summed E-state index contributed by atoms with van der Waals surface area (Å²) in [7, 11) is 3.52. The number of pyridine rings is 1. The van der Waals surface area contributed by atoms with Crippen molar-refractivity contribution in [3.63, 3.8) is 0 Å². The van der Waals surface area contributed by atoms with E-state index in [-0.39, 0.29) is 35.7 Å². The van der Waals surface area contributed by atoms with E-state index in [0.717, 1.165) is 47.2 Å². The first-order valence-corrected chi connectivity index (χ1v) is 16.1. The standard InChI is InChI=1S/C35H41N5O5/c1-20(2)27-13-15-40(38-27)30-18-29(24-11-12-28(43-5)21(3)31(24)36-30)44-23-16-25-26(17-23)33(41)39(4)14-9-7-6-8-10-22-19-35(22)34(42)45-32(25)37-35/h8,10-13,15,18,20,22-23,25-26H,6-7,9,14,16-17,19H2,1-5H3/b10-8-/t22-,23-,25-,26-,35-/m1/s1. The molecule has 4 heterocycles. The molecule has 0 saturated heterocycles. The van der Waals surface area contributed by atoms with E-state index in [0.29, 0.717) is 43.3 Å². The number of carbonyl (C=O) groups excluding carboxylic acids is 2. The number of rotatable bonds is 5. The van der Waals surface area contributed by atoms with E-state index in [4.69, 9.17) is 29.3 Å². The highest BCUT2D eigenvalue weighted by molar-refractivity contribution is 6.04. The zero-order chi connectivity index (χ0) is 31.5. The molecule has 5 atom stereocenters. The van der Waals surface area contributed by atoms with E-state index in [1.807, 2.05) is 49.3 Å². The summed E-state index contributed by atoms with van der Waals surface area (Å²) >= 11 is 0. The van der Waals surface area contributed by atoms with Crippen molar-refractivity contribution in [3.05, 3.63) is 53.9 Å². The van der Waals surface area contributed by atoms with Crippen molar-refractivity contribution in [1.29, 1.82) is 0 Å². The number of hydrogen-bond donors (Lipinski definition) is 0. The van der Waals surface area contributed by atoms with E-state index < -0.39 is 11.5 Å². The predicted octanol–water partition coefficient (Wildman–Crippen LogP) is 5.55. The largest absolute Gasteiger partial charge is 0.496 e. The van der Waals surface area contributed by atoms with Crippen LogP contribution in [0.1, 0.15) is 69.5 Å². The van der Waals surface area contributed by atoms with Crippen LogP contribution in [0.25, 0.3) is 16.7 Å². The van der Waals surface area contributed by atoms with Gasteiger partial charge >= 0.3 is 5.97 Å². The molecule has 236 valence electrons. The van der Waals surface area contributed by atoms with Crippen LogP contribution >= 0.6 is 0 Å². The van der Waals surface area contributed by atoms with E-state index in [2.05, 4.69) is 26.0 Å². The highest BCUT2D eigenvalue weighted by Gasteiger charge is 2.65. The van der Waals surface area contributed by atoms with Crippen LogP contribution in [0.2, 0.25) is 0 Å². The Morgan fingerprint density at radius 1 is 1.09 bits per heavy atom. The maximum Gasteiger partial charge on any atom is 0.341 e. The summed E-state index contributed by atoms with van der Waals surface area (Å²) in [4.78, 5) is 38.7. The van der Waals surface area contributed by atoms with Crippen molar-refractivity contribution in [2.45, 2.75) is 76.9 Å². The smallest absolute Gasteiger partial charge is 0.341 e. The molecule has 4 aliphatic rings. The molecule has 2 aliphatic heterocycles. The van der Waals surface area contributed by atoms with Gasteiger partial charge in [-0.2, -0.15) is 5.10 Å². The molecule has 2 aromatic heterocycles. The van der Waals surface area contributed by atoms with E-state index >= 15 is 0 Å². The van der Waals surface area contributed by atoms with Gasteiger partial charge in [0.05, 0.1) is 30.2 Å². The van der Waals surface area contributed by atoms with Gasteiger partial charge in [-0.1, -0.05) is 26.0 Å². The molecule has 0 unspecified atom stereocenters. The number of aryl methyl sites for hydroxylation is 1. The Bertz CT molecular complexity index is 1730. The molecule has 45 heavy (non-hydrogen) atoms. The summed E-state index contributed by atoms with van der Waals surface area (Å²) < 4.78 is 20.1. The molecule has 0 N–H and O–H groups in total. The molecule has 3 aromatic rings. The van der Waals surface area contributed by atoms with Gasteiger partial charge in [0.25, 0.3) is 0 Å². The lowest BCUT2D eigenvalue weighted by molar-refractivity contribution is -0.138. The number of aliphatic imine (C=N–C) groups is 1. The number of methoxy groups -OCH3 is 1. The minimum atomic E-state index is -0.820. The molecule has 7 rings (SSSR count). The minimum absolute atomic E-state index is 0.0457. The van der Waals surface area contributed by atoms with Crippen LogP contribution in [0.4, 0.5) is 0 Å². The van der Waals surface area contributed by atoms with Crippen molar-refractivity contribution in [3.8, 4) is 17.3 Å². The number of benzene rings is 1. The predicted molar refractivity (Wildman–Crippen MR) is 170 cm³/mol. The molecule has 0 radical (unpaired) electrons. The van der Waals surface area contributed by atoms with E-state index in [1.54, 1.807) is 11.8 Å². The van der Waals surface area contributed by atoms with Gasteiger partial charge < -0.3 is 19.1 Å². The molecule has 2 aliphatic carbocycles. The molecule has 10 nitrogen and oxygen atoms in total. The Morgan fingerprint density at radius 2 is 1.91 bits per heavy atom. The molecule has 2 bridgehead atoms. The number of nitrogens with zero attached hydrogens (tertiary/aromatic N) is 5. The third kappa shape index (κ3) is 5.17. The van der Waals surface area contributed by atoms with Gasteiger partial charge in [0.15, 0.2) is 17.3 Å². The maximum atomic E-state index is 13.9. The third-order valence-electron chi connectivity index (χ3n) is 9.94. The fourth-order valence-corrected chi connectivity index (χ4v) is 7.13. The summed E-state index contributed by atoms with van der Waals surface area (Å²) in [5.74, 6) is 1.79. The average molecular weight is 612 g/mol. The Labute approximate surface area is 263 Å². The van der Waals surface area contributed by atoms with Gasteiger partial charge in [-0.3, -0.25) is 4.79 Å². The lowest BCUT2D eigenvalue weighted by atomic mass is 9.94. The Morgan fingerprint density at radius 3 is 2.69 bits per heavy atom. The first kappa shape index (κ1) is 29.5. The summed E-state index contributed by atoms with van der Waals surface area (Å²) in [6.45, 7) is 6.89.